The fourth-order valence-electron chi connectivity index (χ4n) is 4.24. The van der Waals surface area contributed by atoms with Gasteiger partial charge in [0.1, 0.15) is 6.26 Å². The van der Waals surface area contributed by atoms with Crippen LogP contribution in [0.25, 0.3) is 11.5 Å². The van der Waals surface area contributed by atoms with E-state index in [-0.39, 0.29) is 18.5 Å². The fraction of sp³-hybridized carbons (Fsp3) is 0.421. The molecule has 2 fully saturated rings. The molecule has 136 valence electrons. The predicted molar refractivity (Wildman–Crippen MR) is 94.7 cm³/mol. The molecule has 2 aliphatic rings. The van der Waals surface area contributed by atoms with Crippen LogP contribution < -0.4 is 5.32 Å². The maximum atomic E-state index is 12.7. The molecule has 7 heteroatoms. The number of nitrogens with one attached hydrogen (secondary N) is 1. The number of carbonyl (C=O) groups excluding carboxylic acids is 1. The zero-order valence-electron chi connectivity index (χ0n) is 14.6. The highest BCUT2D eigenvalue weighted by molar-refractivity contribution is 5.92. The van der Waals surface area contributed by atoms with E-state index in [0.29, 0.717) is 24.5 Å². The first-order chi connectivity index (χ1) is 12.5. The first-order valence-corrected chi connectivity index (χ1v) is 8.79. The molecule has 1 aliphatic carbocycles. The first-order valence-electron chi connectivity index (χ1n) is 8.79. The first kappa shape index (κ1) is 16.6. The lowest BCUT2D eigenvalue weighted by atomic mass is 9.81. The Labute approximate surface area is 151 Å². The normalized spacial score (nSPS) is 24.5. The van der Waals surface area contributed by atoms with Crippen LogP contribution >= 0.6 is 0 Å². The third-order valence-electron chi connectivity index (χ3n) is 5.74. The number of nitrogens with zero attached hydrogens (tertiary/aromatic N) is 2. The monoisotopic (exact) mass is 355 g/mol. The van der Waals surface area contributed by atoms with Gasteiger partial charge in [-0.1, -0.05) is 12.5 Å². The van der Waals surface area contributed by atoms with Crippen LogP contribution in [0.15, 0.2) is 35.1 Å². The summed E-state index contributed by atoms with van der Waals surface area (Å²) in [5.41, 5.74) is 1.59. The van der Waals surface area contributed by atoms with Crippen LogP contribution in [0.2, 0.25) is 0 Å². The van der Waals surface area contributed by atoms with E-state index in [1.165, 1.54) is 6.26 Å². The summed E-state index contributed by atoms with van der Waals surface area (Å²) in [6, 6.07) is 5.35. The molecule has 2 amide bonds. The van der Waals surface area contributed by atoms with Gasteiger partial charge in [0, 0.05) is 24.3 Å². The summed E-state index contributed by atoms with van der Waals surface area (Å²) in [7, 11) is 0. The lowest BCUT2D eigenvalue weighted by Gasteiger charge is -2.23. The van der Waals surface area contributed by atoms with Gasteiger partial charge < -0.3 is 19.7 Å². The number of amides is 2. The van der Waals surface area contributed by atoms with Crippen molar-refractivity contribution in [2.24, 2.45) is 11.3 Å². The quantitative estimate of drug-likeness (QED) is 0.880. The number of likely N-dealkylation sites (tertiary alicyclic amines) is 1. The third kappa shape index (κ3) is 2.64. The van der Waals surface area contributed by atoms with Gasteiger partial charge in [-0.25, -0.2) is 9.78 Å². The van der Waals surface area contributed by atoms with Crippen molar-refractivity contribution in [2.45, 2.75) is 26.2 Å². The van der Waals surface area contributed by atoms with Crippen molar-refractivity contribution in [3.05, 3.63) is 36.2 Å². The Hall–Kier alpha value is -2.83. The number of anilines is 1. The van der Waals surface area contributed by atoms with Crippen molar-refractivity contribution in [3.8, 4) is 11.5 Å². The molecule has 0 bridgehead atoms. The summed E-state index contributed by atoms with van der Waals surface area (Å²) in [4.78, 5) is 30.3. The minimum atomic E-state index is -0.780. The number of rotatable bonds is 3. The molecule has 1 saturated carbocycles. The van der Waals surface area contributed by atoms with Gasteiger partial charge in [-0.2, -0.15) is 0 Å². The lowest BCUT2D eigenvalue weighted by Crippen LogP contribution is -2.38. The van der Waals surface area contributed by atoms with Crippen LogP contribution in [-0.2, 0) is 4.79 Å². The number of carboxylic acid groups (broad SMARTS) is 1. The van der Waals surface area contributed by atoms with Crippen molar-refractivity contribution in [2.75, 3.05) is 18.4 Å². The standard InChI is InChI=1S/C19H21N3O4/c1-12-4-5-13(16-20-7-8-26-16)9-15(12)21-18(25)22-10-14-3-2-6-19(14,11-22)17(23)24/h4-5,7-9,14H,2-3,6,10-11H2,1H3,(H,21,25)(H,23,24)/t14-,19+/m0/s1. The molecule has 7 nitrogen and oxygen atoms in total. The summed E-state index contributed by atoms with van der Waals surface area (Å²) in [5, 5.41) is 12.6. The molecule has 4 rings (SSSR count). The summed E-state index contributed by atoms with van der Waals surface area (Å²) >= 11 is 0. The van der Waals surface area contributed by atoms with Gasteiger partial charge in [0.25, 0.3) is 0 Å². The highest BCUT2D eigenvalue weighted by Gasteiger charge is 2.55. The predicted octanol–water partition coefficient (Wildman–Crippen LogP) is 3.37. The number of aliphatic carboxylic acids is 1. The van der Waals surface area contributed by atoms with Gasteiger partial charge in [0.15, 0.2) is 0 Å². The molecule has 26 heavy (non-hydrogen) atoms. The molecule has 2 heterocycles. The minimum Gasteiger partial charge on any atom is -0.481 e. The highest BCUT2D eigenvalue weighted by Crippen LogP contribution is 2.49. The average Bonchev–Trinajstić information content (AvgIpc) is 3.32. The van der Waals surface area contributed by atoms with Crippen molar-refractivity contribution < 1.29 is 19.1 Å². The van der Waals surface area contributed by atoms with E-state index >= 15 is 0 Å². The van der Waals surface area contributed by atoms with Crippen LogP contribution in [-0.4, -0.2) is 40.1 Å². The van der Waals surface area contributed by atoms with Crippen molar-refractivity contribution in [3.63, 3.8) is 0 Å². The Bertz CT molecular complexity index is 848. The maximum absolute atomic E-state index is 12.7. The number of benzene rings is 1. The molecule has 1 aromatic heterocycles. The zero-order valence-corrected chi connectivity index (χ0v) is 14.6. The number of hydrogen-bond acceptors (Lipinski definition) is 4. The molecule has 2 N–H and O–H groups in total. The van der Waals surface area contributed by atoms with Gasteiger partial charge in [-0.05, 0) is 43.4 Å². The number of aromatic nitrogens is 1. The molecule has 0 radical (unpaired) electrons. The molecule has 2 aromatic rings. The van der Waals surface area contributed by atoms with Gasteiger partial charge in [-0.3, -0.25) is 4.79 Å². The second kappa shape index (κ2) is 6.16. The van der Waals surface area contributed by atoms with Crippen LogP contribution in [0.3, 0.4) is 0 Å². The van der Waals surface area contributed by atoms with Crippen LogP contribution in [0.4, 0.5) is 10.5 Å². The number of carboxylic acids is 1. The third-order valence-corrected chi connectivity index (χ3v) is 5.74. The molecule has 1 aliphatic heterocycles. The SMILES string of the molecule is Cc1ccc(-c2ncco2)cc1NC(=O)N1C[C@@H]2CCC[C@@]2(C(=O)O)C1. The van der Waals surface area contributed by atoms with Crippen molar-refractivity contribution in [1.29, 1.82) is 0 Å². The summed E-state index contributed by atoms with van der Waals surface area (Å²) in [6.45, 7) is 2.68. The van der Waals surface area contributed by atoms with E-state index in [2.05, 4.69) is 10.3 Å². The minimum absolute atomic E-state index is 0.0468. The van der Waals surface area contributed by atoms with Crippen LogP contribution in [0.5, 0.6) is 0 Å². The Morgan fingerprint density at radius 1 is 1.42 bits per heavy atom. The number of urea groups is 1. The van der Waals surface area contributed by atoms with Gasteiger partial charge in [0.05, 0.1) is 11.6 Å². The van der Waals surface area contributed by atoms with Crippen LogP contribution in [0, 0.1) is 18.3 Å². The molecule has 1 aromatic carbocycles. The van der Waals surface area contributed by atoms with Gasteiger partial charge in [-0.15, -0.1) is 0 Å². The van der Waals surface area contributed by atoms with E-state index < -0.39 is 11.4 Å². The molecule has 2 atom stereocenters. The fourth-order valence-corrected chi connectivity index (χ4v) is 4.24. The van der Waals surface area contributed by atoms with Gasteiger partial charge >= 0.3 is 12.0 Å². The summed E-state index contributed by atoms with van der Waals surface area (Å²) in [5.74, 6) is -0.246. The lowest BCUT2D eigenvalue weighted by molar-refractivity contribution is -0.149. The Morgan fingerprint density at radius 2 is 2.27 bits per heavy atom. The zero-order chi connectivity index (χ0) is 18.3. The number of fused-ring (bicyclic) bond motifs is 1. The smallest absolute Gasteiger partial charge is 0.321 e. The topological polar surface area (TPSA) is 95.7 Å². The molecule has 0 unspecified atom stereocenters. The number of carbonyl (C=O) groups is 2. The Balaban J connectivity index is 1.52. The number of aryl methyl sites for hydroxylation is 1. The molecule has 0 spiro atoms. The largest absolute Gasteiger partial charge is 0.481 e. The molecular formula is C19H21N3O4. The van der Waals surface area contributed by atoms with E-state index in [1.54, 1.807) is 11.1 Å². The Kier molecular flexibility index (Phi) is 3.94. The second-order valence-electron chi connectivity index (χ2n) is 7.23. The van der Waals surface area contributed by atoms with E-state index in [4.69, 9.17) is 4.42 Å². The molecule has 1 saturated heterocycles. The van der Waals surface area contributed by atoms with Crippen molar-refractivity contribution >= 4 is 17.7 Å². The van der Waals surface area contributed by atoms with E-state index in [0.717, 1.165) is 24.0 Å². The molecular weight excluding hydrogens is 334 g/mol. The van der Waals surface area contributed by atoms with Crippen molar-refractivity contribution in [1.82, 2.24) is 9.88 Å². The van der Waals surface area contributed by atoms with E-state index in [9.17, 15) is 14.7 Å². The second-order valence-corrected chi connectivity index (χ2v) is 7.23. The summed E-state index contributed by atoms with van der Waals surface area (Å²) in [6.07, 6.45) is 5.51. The van der Waals surface area contributed by atoms with Crippen LogP contribution in [0.1, 0.15) is 24.8 Å². The Morgan fingerprint density at radius 3 is 2.96 bits per heavy atom. The maximum Gasteiger partial charge on any atom is 0.321 e. The highest BCUT2D eigenvalue weighted by atomic mass is 16.4. The van der Waals surface area contributed by atoms with E-state index in [1.807, 2.05) is 25.1 Å². The summed E-state index contributed by atoms with van der Waals surface area (Å²) < 4.78 is 5.31. The number of hydrogen-bond donors (Lipinski definition) is 2. The van der Waals surface area contributed by atoms with Gasteiger partial charge in [0.2, 0.25) is 5.89 Å². The number of oxazole rings is 1. The average molecular weight is 355 g/mol.